The Labute approximate surface area is 137 Å². The first-order chi connectivity index (χ1) is 11.0. The molecule has 1 aliphatic carbocycles. The summed E-state index contributed by atoms with van der Waals surface area (Å²) in [5.74, 6) is -0.254. The van der Waals surface area contributed by atoms with Crippen molar-refractivity contribution in [3.05, 3.63) is 0 Å². The maximum Gasteiger partial charge on any atom is 0.307 e. The van der Waals surface area contributed by atoms with Crippen molar-refractivity contribution < 1.29 is 19.1 Å². The van der Waals surface area contributed by atoms with E-state index in [2.05, 4.69) is 22.3 Å². The fourth-order valence-corrected chi connectivity index (χ4v) is 3.38. The number of amides is 2. The quantitative estimate of drug-likeness (QED) is 0.697. The summed E-state index contributed by atoms with van der Waals surface area (Å²) in [5.41, 5.74) is 0. The number of hydrogen-bond acceptors (Lipinski definition) is 5. The van der Waals surface area contributed by atoms with Crippen molar-refractivity contribution in [2.75, 3.05) is 26.7 Å². The smallest absolute Gasteiger partial charge is 0.307 e. The van der Waals surface area contributed by atoms with Gasteiger partial charge in [-0.15, -0.1) is 0 Å². The van der Waals surface area contributed by atoms with Gasteiger partial charge in [0.1, 0.15) is 6.04 Å². The SMILES string of the molecule is COC(=O)C[C@H]1C(=O)NCCN1CC(=O)N[C@H]1CCCC[C@@H]1C. The van der Waals surface area contributed by atoms with Crippen LogP contribution in [0.15, 0.2) is 0 Å². The zero-order chi connectivity index (χ0) is 16.8. The second kappa shape index (κ2) is 8.29. The number of nitrogens with one attached hydrogen (secondary N) is 2. The zero-order valence-electron chi connectivity index (χ0n) is 14.0. The van der Waals surface area contributed by atoms with Crippen LogP contribution in [-0.2, 0) is 19.1 Å². The van der Waals surface area contributed by atoms with Gasteiger partial charge in [-0.25, -0.2) is 0 Å². The minimum Gasteiger partial charge on any atom is -0.469 e. The van der Waals surface area contributed by atoms with Crippen LogP contribution in [0.4, 0.5) is 0 Å². The third-order valence-corrected chi connectivity index (χ3v) is 4.83. The van der Waals surface area contributed by atoms with Gasteiger partial charge in [0, 0.05) is 19.1 Å². The monoisotopic (exact) mass is 325 g/mol. The molecule has 0 aromatic heterocycles. The Morgan fingerprint density at radius 3 is 2.78 bits per heavy atom. The molecule has 1 saturated heterocycles. The summed E-state index contributed by atoms with van der Waals surface area (Å²) < 4.78 is 4.64. The zero-order valence-corrected chi connectivity index (χ0v) is 14.0. The molecule has 0 bridgehead atoms. The topological polar surface area (TPSA) is 87.7 Å². The first-order valence-corrected chi connectivity index (χ1v) is 8.39. The minimum absolute atomic E-state index is 0.0323. The lowest BCUT2D eigenvalue weighted by Gasteiger charge is -2.35. The molecule has 0 unspecified atom stereocenters. The van der Waals surface area contributed by atoms with E-state index >= 15 is 0 Å². The third kappa shape index (κ3) is 4.92. The van der Waals surface area contributed by atoms with Gasteiger partial charge in [-0.05, 0) is 18.8 Å². The van der Waals surface area contributed by atoms with Gasteiger partial charge in [-0.3, -0.25) is 19.3 Å². The number of carbonyl (C=O) groups excluding carboxylic acids is 3. The van der Waals surface area contributed by atoms with Crippen molar-refractivity contribution in [2.24, 2.45) is 5.92 Å². The molecule has 3 atom stereocenters. The molecule has 130 valence electrons. The highest BCUT2D eigenvalue weighted by atomic mass is 16.5. The second-order valence-corrected chi connectivity index (χ2v) is 6.49. The number of hydrogen-bond donors (Lipinski definition) is 2. The Bertz CT molecular complexity index is 455. The molecule has 1 aliphatic heterocycles. The maximum absolute atomic E-state index is 12.3. The summed E-state index contributed by atoms with van der Waals surface area (Å²) in [5, 5.41) is 5.82. The van der Waals surface area contributed by atoms with E-state index in [1.807, 2.05) is 0 Å². The lowest BCUT2D eigenvalue weighted by atomic mass is 9.86. The van der Waals surface area contributed by atoms with E-state index in [0.717, 1.165) is 19.3 Å². The predicted molar refractivity (Wildman–Crippen MR) is 84.6 cm³/mol. The van der Waals surface area contributed by atoms with Crippen LogP contribution in [0.3, 0.4) is 0 Å². The molecule has 2 N–H and O–H groups in total. The van der Waals surface area contributed by atoms with Crippen LogP contribution in [-0.4, -0.2) is 61.5 Å². The van der Waals surface area contributed by atoms with Crippen molar-refractivity contribution in [2.45, 2.75) is 51.1 Å². The molecule has 0 radical (unpaired) electrons. The summed E-state index contributed by atoms with van der Waals surface area (Å²) >= 11 is 0. The van der Waals surface area contributed by atoms with E-state index in [-0.39, 0.29) is 30.8 Å². The van der Waals surface area contributed by atoms with E-state index < -0.39 is 12.0 Å². The first kappa shape index (κ1) is 17.7. The summed E-state index contributed by atoms with van der Waals surface area (Å²) in [6, 6.07) is -0.417. The molecule has 2 aliphatic rings. The fourth-order valence-electron chi connectivity index (χ4n) is 3.38. The van der Waals surface area contributed by atoms with Crippen LogP contribution < -0.4 is 10.6 Å². The highest BCUT2D eigenvalue weighted by Crippen LogP contribution is 2.23. The van der Waals surface area contributed by atoms with Crippen LogP contribution in [0.2, 0.25) is 0 Å². The van der Waals surface area contributed by atoms with E-state index in [9.17, 15) is 14.4 Å². The van der Waals surface area contributed by atoms with Crippen molar-refractivity contribution in [3.63, 3.8) is 0 Å². The Hall–Kier alpha value is -1.63. The fraction of sp³-hybridized carbons (Fsp3) is 0.812. The largest absolute Gasteiger partial charge is 0.469 e. The predicted octanol–water partition coefficient (Wildman–Crippen LogP) is 0.0448. The van der Waals surface area contributed by atoms with Gasteiger partial charge in [0.25, 0.3) is 0 Å². The summed E-state index contributed by atoms with van der Waals surface area (Å²) in [6.07, 6.45) is 4.49. The van der Waals surface area contributed by atoms with Crippen molar-refractivity contribution in [1.29, 1.82) is 0 Å². The summed E-state index contributed by atoms with van der Waals surface area (Å²) in [6.45, 7) is 3.35. The average Bonchev–Trinajstić information content (AvgIpc) is 2.52. The number of carbonyl (C=O) groups is 3. The van der Waals surface area contributed by atoms with E-state index in [4.69, 9.17) is 0 Å². The third-order valence-electron chi connectivity index (χ3n) is 4.83. The molecule has 2 amide bonds. The van der Waals surface area contributed by atoms with Crippen LogP contribution in [0.1, 0.15) is 39.0 Å². The van der Waals surface area contributed by atoms with Gasteiger partial charge >= 0.3 is 5.97 Å². The molecule has 0 spiro atoms. The molecule has 2 rings (SSSR count). The molecule has 1 heterocycles. The molecule has 0 aromatic carbocycles. The average molecular weight is 325 g/mol. The minimum atomic E-state index is -0.634. The van der Waals surface area contributed by atoms with Crippen molar-refractivity contribution in [3.8, 4) is 0 Å². The van der Waals surface area contributed by atoms with Gasteiger partial charge in [-0.2, -0.15) is 0 Å². The van der Waals surface area contributed by atoms with Crippen LogP contribution in [0.5, 0.6) is 0 Å². The first-order valence-electron chi connectivity index (χ1n) is 8.39. The summed E-state index contributed by atoms with van der Waals surface area (Å²) in [4.78, 5) is 37.6. The number of rotatable bonds is 5. The van der Waals surface area contributed by atoms with Crippen molar-refractivity contribution >= 4 is 17.8 Å². The maximum atomic E-state index is 12.3. The van der Waals surface area contributed by atoms with E-state index in [1.54, 1.807) is 4.90 Å². The lowest BCUT2D eigenvalue weighted by Crippen LogP contribution is -2.58. The molecule has 1 saturated carbocycles. The molecule has 2 fully saturated rings. The number of methoxy groups -OCH3 is 1. The standard InChI is InChI=1S/C16H27N3O4/c1-11-5-3-4-6-12(11)18-14(20)10-19-8-7-17-16(22)13(19)9-15(21)23-2/h11-13H,3-10H2,1-2H3,(H,17,22)(H,18,20)/t11-,12-,13-/m0/s1. The Kier molecular flexibility index (Phi) is 6.38. The second-order valence-electron chi connectivity index (χ2n) is 6.49. The van der Waals surface area contributed by atoms with Gasteiger partial charge in [0.05, 0.1) is 20.1 Å². The Balaban J connectivity index is 1.91. The van der Waals surface area contributed by atoms with Gasteiger partial charge < -0.3 is 15.4 Å². The van der Waals surface area contributed by atoms with Crippen LogP contribution >= 0.6 is 0 Å². The summed E-state index contributed by atoms with van der Waals surface area (Å²) in [7, 11) is 1.30. The van der Waals surface area contributed by atoms with E-state index in [1.165, 1.54) is 13.5 Å². The molecular weight excluding hydrogens is 298 g/mol. The lowest BCUT2D eigenvalue weighted by molar-refractivity contribution is -0.146. The van der Waals surface area contributed by atoms with Crippen molar-refractivity contribution in [1.82, 2.24) is 15.5 Å². The van der Waals surface area contributed by atoms with Crippen LogP contribution in [0.25, 0.3) is 0 Å². The normalized spacial score (nSPS) is 28.8. The molecule has 7 nitrogen and oxygen atoms in total. The number of ether oxygens (including phenoxy) is 1. The van der Waals surface area contributed by atoms with E-state index in [0.29, 0.717) is 19.0 Å². The Morgan fingerprint density at radius 1 is 1.35 bits per heavy atom. The van der Waals surface area contributed by atoms with Gasteiger partial charge in [0.2, 0.25) is 11.8 Å². The number of esters is 1. The molecular formula is C16H27N3O4. The highest BCUT2D eigenvalue weighted by molar-refractivity contribution is 5.88. The molecule has 0 aromatic rings. The Morgan fingerprint density at radius 2 is 2.09 bits per heavy atom. The molecule has 7 heteroatoms. The van der Waals surface area contributed by atoms with Gasteiger partial charge in [-0.1, -0.05) is 19.8 Å². The molecule has 23 heavy (non-hydrogen) atoms. The highest BCUT2D eigenvalue weighted by Gasteiger charge is 2.33. The van der Waals surface area contributed by atoms with Crippen LogP contribution in [0, 0.1) is 5.92 Å². The number of nitrogens with zero attached hydrogens (tertiary/aromatic N) is 1. The number of piperazine rings is 1. The van der Waals surface area contributed by atoms with Gasteiger partial charge in [0.15, 0.2) is 0 Å².